The van der Waals surface area contributed by atoms with Crippen molar-refractivity contribution in [2.75, 3.05) is 12.0 Å². The van der Waals surface area contributed by atoms with Gasteiger partial charge >= 0.3 is 11.9 Å². The summed E-state index contributed by atoms with van der Waals surface area (Å²) >= 11 is 1.17. The van der Waals surface area contributed by atoms with Crippen LogP contribution >= 0.6 is 11.8 Å². The lowest BCUT2D eigenvalue weighted by molar-refractivity contribution is -0.165. The molecule has 0 radical (unpaired) electrons. The van der Waals surface area contributed by atoms with Crippen molar-refractivity contribution in [2.24, 2.45) is 0 Å². The predicted molar refractivity (Wildman–Crippen MR) is 56.2 cm³/mol. The fraction of sp³-hybridized carbons (Fsp3) is 0.625. The van der Waals surface area contributed by atoms with Gasteiger partial charge in [0, 0.05) is 5.75 Å². The van der Waals surface area contributed by atoms with E-state index in [1.54, 1.807) is 6.26 Å². The van der Waals surface area contributed by atoms with Crippen LogP contribution in [0, 0.1) is 0 Å². The lowest BCUT2D eigenvalue weighted by atomic mass is 10.1. The topological polar surface area (TPSA) is 124 Å². The van der Waals surface area contributed by atoms with Crippen LogP contribution in [0.5, 0.6) is 0 Å². The van der Waals surface area contributed by atoms with Crippen molar-refractivity contribution in [3.63, 3.8) is 0 Å². The van der Waals surface area contributed by atoms with Crippen molar-refractivity contribution in [1.82, 2.24) is 5.32 Å². The smallest absolute Gasteiger partial charge is 0.345 e. The van der Waals surface area contributed by atoms with Gasteiger partial charge in [-0.3, -0.25) is 4.79 Å². The monoisotopic (exact) mass is 251 g/mol. The van der Waals surface area contributed by atoms with Gasteiger partial charge in [0.1, 0.15) is 6.04 Å². The van der Waals surface area contributed by atoms with Crippen LogP contribution in [0.4, 0.5) is 0 Å². The van der Waals surface area contributed by atoms with Gasteiger partial charge in [-0.25, -0.2) is 9.59 Å². The van der Waals surface area contributed by atoms with Gasteiger partial charge in [-0.2, -0.15) is 11.8 Å². The molecule has 0 aliphatic carbocycles. The number of hydrogen-bond donors (Lipinski definition) is 4. The van der Waals surface area contributed by atoms with Crippen LogP contribution in [0.2, 0.25) is 0 Å². The first kappa shape index (κ1) is 14.7. The molecule has 0 aromatic rings. The molecule has 0 saturated heterocycles. The average molecular weight is 251 g/mol. The van der Waals surface area contributed by atoms with E-state index in [1.165, 1.54) is 11.8 Å². The highest BCUT2D eigenvalue weighted by atomic mass is 32.2. The van der Waals surface area contributed by atoms with Gasteiger partial charge in [0.25, 0.3) is 5.91 Å². The molecule has 0 spiro atoms. The standard InChI is InChI=1S/C8H13NO6S/c1-8(15,7(13)14)6(12)9-4(3-16-2)5(10)11/h4,15H,3H2,1-2H3,(H,9,12)(H,10,11)(H,13,14). The molecule has 0 saturated carbocycles. The summed E-state index contributed by atoms with van der Waals surface area (Å²) in [5.41, 5.74) is -2.63. The molecule has 7 nitrogen and oxygen atoms in total. The largest absolute Gasteiger partial charge is 0.480 e. The van der Waals surface area contributed by atoms with Crippen molar-refractivity contribution in [3.8, 4) is 0 Å². The Morgan fingerprint density at radius 1 is 1.38 bits per heavy atom. The predicted octanol–water partition coefficient (Wildman–Crippen LogP) is -1.25. The van der Waals surface area contributed by atoms with E-state index in [2.05, 4.69) is 0 Å². The highest BCUT2D eigenvalue weighted by Crippen LogP contribution is 2.05. The Balaban J connectivity index is 4.64. The molecule has 0 aromatic carbocycles. The van der Waals surface area contributed by atoms with Crippen molar-refractivity contribution in [1.29, 1.82) is 0 Å². The second-order valence-electron chi connectivity index (χ2n) is 3.20. The molecule has 0 fully saturated rings. The van der Waals surface area contributed by atoms with Crippen LogP contribution in [0.15, 0.2) is 0 Å². The Morgan fingerprint density at radius 3 is 2.19 bits per heavy atom. The molecule has 92 valence electrons. The summed E-state index contributed by atoms with van der Waals surface area (Å²) in [6, 6.07) is -1.23. The summed E-state index contributed by atoms with van der Waals surface area (Å²) in [6.45, 7) is 0.780. The molecule has 1 amide bonds. The minimum absolute atomic E-state index is 0.0801. The molecule has 8 heteroatoms. The number of carbonyl (C=O) groups is 3. The highest BCUT2D eigenvalue weighted by molar-refractivity contribution is 7.98. The third-order valence-electron chi connectivity index (χ3n) is 1.80. The molecule has 16 heavy (non-hydrogen) atoms. The third kappa shape index (κ3) is 3.70. The lowest BCUT2D eigenvalue weighted by Gasteiger charge is -2.20. The van der Waals surface area contributed by atoms with Crippen LogP contribution in [0.25, 0.3) is 0 Å². The Labute approximate surface area is 95.8 Å². The van der Waals surface area contributed by atoms with E-state index in [1.807, 2.05) is 5.32 Å². The molecule has 0 bridgehead atoms. The fourth-order valence-corrected chi connectivity index (χ4v) is 1.30. The molecule has 0 aliphatic heterocycles. The molecule has 4 N–H and O–H groups in total. The second kappa shape index (κ2) is 5.71. The van der Waals surface area contributed by atoms with E-state index in [4.69, 9.17) is 10.2 Å². The maximum atomic E-state index is 11.3. The zero-order valence-corrected chi connectivity index (χ0v) is 9.58. The molecule has 2 atom stereocenters. The molecule has 0 rings (SSSR count). The van der Waals surface area contributed by atoms with E-state index < -0.39 is 29.5 Å². The van der Waals surface area contributed by atoms with Gasteiger partial charge in [0.2, 0.25) is 5.60 Å². The summed E-state index contributed by atoms with van der Waals surface area (Å²) in [6.07, 6.45) is 1.64. The zero-order chi connectivity index (χ0) is 12.9. The molecule has 0 aromatic heterocycles. The molecule has 0 aliphatic rings. The van der Waals surface area contributed by atoms with E-state index in [0.29, 0.717) is 0 Å². The maximum absolute atomic E-state index is 11.3. The fourth-order valence-electron chi connectivity index (χ4n) is 0.737. The summed E-state index contributed by atoms with van der Waals surface area (Å²) in [4.78, 5) is 32.5. The van der Waals surface area contributed by atoms with Gasteiger partial charge in [-0.05, 0) is 13.2 Å². The minimum atomic E-state index is -2.63. The number of rotatable bonds is 6. The Hall–Kier alpha value is -1.28. The van der Waals surface area contributed by atoms with Crippen LogP contribution in [0.1, 0.15) is 6.92 Å². The summed E-state index contributed by atoms with van der Waals surface area (Å²) in [5, 5.41) is 28.4. The number of nitrogens with one attached hydrogen (secondary N) is 1. The van der Waals surface area contributed by atoms with Crippen molar-refractivity contribution >= 4 is 29.6 Å². The molecule has 0 heterocycles. The van der Waals surface area contributed by atoms with Gasteiger partial charge < -0.3 is 20.6 Å². The normalized spacial score (nSPS) is 15.9. The third-order valence-corrected chi connectivity index (χ3v) is 2.46. The zero-order valence-electron chi connectivity index (χ0n) is 8.76. The van der Waals surface area contributed by atoms with Crippen molar-refractivity contribution < 1.29 is 29.7 Å². The van der Waals surface area contributed by atoms with E-state index >= 15 is 0 Å². The Kier molecular flexibility index (Phi) is 5.25. The molecular weight excluding hydrogens is 238 g/mol. The van der Waals surface area contributed by atoms with Crippen LogP contribution < -0.4 is 5.32 Å². The first-order chi connectivity index (χ1) is 7.23. The van der Waals surface area contributed by atoms with E-state index in [-0.39, 0.29) is 5.75 Å². The first-order valence-electron chi connectivity index (χ1n) is 4.22. The average Bonchev–Trinajstić information content (AvgIpc) is 2.16. The summed E-state index contributed by atoms with van der Waals surface area (Å²) < 4.78 is 0. The number of aliphatic carboxylic acids is 2. The number of carbonyl (C=O) groups excluding carboxylic acids is 1. The van der Waals surface area contributed by atoms with Crippen LogP contribution in [-0.4, -0.2) is 56.8 Å². The van der Waals surface area contributed by atoms with Gasteiger partial charge in [0.05, 0.1) is 0 Å². The SMILES string of the molecule is CSCC(NC(=O)C(C)(O)C(=O)O)C(=O)O. The molecule has 2 unspecified atom stereocenters. The van der Waals surface area contributed by atoms with Gasteiger partial charge in [0.15, 0.2) is 0 Å². The summed E-state index contributed by atoms with van der Waals surface area (Å²) in [5.74, 6) is -4.19. The lowest BCUT2D eigenvalue weighted by Crippen LogP contribution is -2.55. The maximum Gasteiger partial charge on any atom is 0.345 e. The Morgan fingerprint density at radius 2 is 1.88 bits per heavy atom. The molecular formula is C8H13NO6S. The Bertz CT molecular complexity index is 303. The van der Waals surface area contributed by atoms with Crippen molar-refractivity contribution in [3.05, 3.63) is 0 Å². The number of aliphatic hydroxyl groups is 1. The van der Waals surface area contributed by atoms with Crippen molar-refractivity contribution in [2.45, 2.75) is 18.6 Å². The van der Waals surface area contributed by atoms with E-state index in [0.717, 1.165) is 6.92 Å². The van der Waals surface area contributed by atoms with Crippen LogP contribution in [0.3, 0.4) is 0 Å². The number of amides is 1. The number of thioether (sulfide) groups is 1. The van der Waals surface area contributed by atoms with Gasteiger partial charge in [-0.15, -0.1) is 0 Å². The number of carboxylic acid groups (broad SMARTS) is 2. The second-order valence-corrected chi connectivity index (χ2v) is 4.11. The number of hydrogen-bond acceptors (Lipinski definition) is 5. The quantitative estimate of drug-likeness (QED) is 0.435. The summed E-state index contributed by atoms with van der Waals surface area (Å²) in [7, 11) is 0. The number of carboxylic acids is 2. The first-order valence-corrected chi connectivity index (χ1v) is 5.61. The van der Waals surface area contributed by atoms with E-state index in [9.17, 15) is 19.5 Å². The van der Waals surface area contributed by atoms with Gasteiger partial charge in [-0.1, -0.05) is 0 Å². The minimum Gasteiger partial charge on any atom is -0.480 e. The highest BCUT2D eigenvalue weighted by Gasteiger charge is 2.40. The van der Waals surface area contributed by atoms with Crippen LogP contribution in [-0.2, 0) is 14.4 Å².